The van der Waals surface area contributed by atoms with Gasteiger partial charge in [-0.1, -0.05) is 0 Å². The fourth-order valence-corrected chi connectivity index (χ4v) is 2.29. The summed E-state index contributed by atoms with van der Waals surface area (Å²) in [4.78, 5) is 31.3. The number of fused-ring (bicyclic) bond motifs is 2. The summed E-state index contributed by atoms with van der Waals surface area (Å²) >= 11 is 0. The minimum Gasteiger partial charge on any atom is -0.358 e. The van der Waals surface area contributed by atoms with Crippen LogP contribution in [0.4, 0.5) is 11.5 Å². The highest BCUT2D eigenvalue weighted by Gasteiger charge is 2.47. The molecule has 0 radical (unpaired) electrons. The van der Waals surface area contributed by atoms with Gasteiger partial charge in [-0.05, 0) is 4.92 Å². The van der Waals surface area contributed by atoms with Crippen LogP contribution in [0.15, 0.2) is 6.20 Å². The van der Waals surface area contributed by atoms with Gasteiger partial charge in [0.1, 0.15) is 18.3 Å². The molecule has 20 heavy (non-hydrogen) atoms. The third-order valence-electron chi connectivity index (χ3n) is 3.22. The minimum atomic E-state index is -0.936. The summed E-state index contributed by atoms with van der Waals surface area (Å²) in [7, 11) is 0. The lowest BCUT2D eigenvalue weighted by atomic mass is 10.0. The number of hydrogen-bond acceptors (Lipinski definition) is 8. The second-order valence-electron chi connectivity index (χ2n) is 4.41. The SMILES string of the molecule is O=C1CC(n2cc([N+](=O)[O-])c([N+](=O)[O-])n2)C2COC1O2. The van der Waals surface area contributed by atoms with Gasteiger partial charge in [0, 0.05) is 6.42 Å². The fraction of sp³-hybridized carbons (Fsp3) is 0.556. The van der Waals surface area contributed by atoms with Crippen molar-refractivity contribution in [1.29, 1.82) is 0 Å². The fourth-order valence-electron chi connectivity index (χ4n) is 2.29. The van der Waals surface area contributed by atoms with Crippen molar-refractivity contribution in [2.24, 2.45) is 0 Å². The number of aromatic nitrogens is 2. The molecule has 0 spiro atoms. The summed E-state index contributed by atoms with van der Waals surface area (Å²) in [5.74, 6) is -1.17. The molecule has 11 heteroatoms. The van der Waals surface area contributed by atoms with E-state index in [-0.39, 0.29) is 18.8 Å². The normalized spacial score (nSPS) is 28.6. The third kappa shape index (κ3) is 1.83. The van der Waals surface area contributed by atoms with Gasteiger partial charge in [0.15, 0.2) is 5.78 Å². The monoisotopic (exact) mass is 284 g/mol. The molecule has 0 saturated carbocycles. The van der Waals surface area contributed by atoms with Crippen molar-refractivity contribution in [3.05, 3.63) is 26.4 Å². The van der Waals surface area contributed by atoms with Crippen molar-refractivity contribution in [2.75, 3.05) is 6.61 Å². The van der Waals surface area contributed by atoms with Crippen LogP contribution >= 0.6 is 0 Å². The largest absolute Gasteiger partial charge is 0.467 e. The molecule has 11 nitrogen and oxygen atoms in total. The number of nitro groups is 2. The summed E-state index contributed by atoms with van der Waals surface area (Å²) in [6.45, 7) is 0.141. The van der Waals surface area contributed by atoms with Gasteiger partial charge < -0.3 is 19.6 Å². The molecular weight excluding hydrogens is 276 g/mol. The average Bonchev–Trinajstić information content (AvgIpc) is 3.00. The van der Waals surface area contributed by atoms with Crippen molar-refractivity contribution in [2.45, 2.75) is 24.9 Å². The first-order chi connectivity index (χ1) is 9.47. The van der Waals surface area contributed by atoms with Crippen molar-refractivity contribution < 1.29 is 24.1 Å². The Bertz CT molecular complexity index is 580. The van der Waals surface area contributed by atoms with E-state index < -0.39 is 39.8 Å². The smallest absolute Gasteiger partial charge is 0.358 e. The van der Waals surface area contributed by atoms with Crippen LogP contribution in [0.1, 0.15) is 12.5 Å². The van der Waals surface area contributed by atoms with Gasteiger partial charge in [0.2, 0.25) is 6.29 Å². The third-order valence-corrected chi connectivity index (χ3v) is 3.22. The molecule has 0 N–H and O–H groups in total. The quantitative estimate of drug-likeness (QED) is 0.556. The zero-order valence-corrected chi connectivity index (χ0v) is 9.87. The maximum Gasteiger partial charge on any atom is 0.467 e. The van der Waals surface area contributed by atoms with Gasteiger partial charge >= 0.3 is 11.5 Å². The molecule has 3 atom stereocenters. The number of carbonyl (C=O) groups is 1. The first-order valence-corrected chi connectivity index (χ1v) is 5.65. The molecular formula is C9H8N4O7. The van der Waals surface area contributed by atoms with Gasteiger partial charge in [-0.3, -0.25) is 14.9 Å². The van der Waals surface area contributed by atoms with Crippen molar-refractivity contribution in [1.82, 2.24) is 9.78 Å². The van der Waals surface area contributed by atoms with E-state index in [0.29, 0.717) is 0 Å². The van der Waals surface area contributed by atoms with Crippen LogP contribution < -0.4 is 0 Å². The van der Waals surface area contributed by atoms with Gasteiger partial charge in [0.05, 0.1) is 16.6 Å². The zero-order chi connectivity index (χ0) is 14.4. The maximum absolute atomic E-state index is 11.6. The van der Waals surface area contributed by atoms with Crippen LogP contribution in [0.5, 0.6) is 0 Å². The molecule has 3 heterocycles. The maximum atomic E-state index is 11.6. The number of nitrogens with zero attached hydrogens (tertiary/aromatic N) is 4. The molecule has 0 aliphatic carbocycles. The van der Waals surface area contributed by atoms with Gasteiger partial charge in [-0.25, -0.2) is 0 Å². The van der Waals surface area contributed by atoms with E-state index in [2.05, 4.69) is 5.10 Å². The minimum absolute atomic E-state index is 0.00528. The Morgan fingerprint density at radius 1 is 1.35 bits per heavy atom. The molecule has 2 saturated heterocycles. The second-order valence-corrected chi connectivity index (χ2v) is 4.41. The Morgan fingerprint density at radius 2 is 2.10 bits per heavy atom. The number of Topliss-reactive ketones (excluding diaryl/α,β-unsaturated/α-hetero) is 1. The lowest BCUT2D eigenvalue weighted by molar-refractivity contribution is -0.424. The molecule has 0 aromatic carbocycles. The van der Waals surface area contributed by atoms with E-state index in [0.717, 1.165) is 10.9 Å². The molecule has 3 rings (SSSR count). The van der Waals surface area contributed by atoms with E-state index in [1.807, 2.05) is 0 Å². The van der Waals surface area contributed by atoms with E-state index in [1.165, 1.54) is 0 Å². The molecule has 2 aliphatic rings. The number of hydrogen-bond donors (Lipinski definition) is 0. The topological polar surface area (TPSA) is 140 Å². The van der Waals surface area contributed by atoms with Crippen LogP contribution in [0.3, 0.4) is 0 Å². The highest BCUT2D eigenvalue weighted by atomic mass is 16.7. The predicted octanol–water partition coefficient (Wildman–Crippen LogP) is -0.0451. The zero-order valence-electron chi connectivity index (χ0n) is 9.87. The van der Waals surface area contributed by atoms with Crippen molar-refractivity contribution >= 4 is 17.3 Å². The van der Waals surface area contributed by atoms with Crippen molar-refractivity contribution in [3.8, 4) is 0 Å². The van der Waals surface area contributed by atoms with Crippen LogP contribution in [0.2, 0.25) is 0 Å². The lowest BCUT2D eigenvalue weighted by Crippen LogP contribution is -2.37. The van der Waals surface area contributed by atoms with Gasteiger partial charge in [-0.15, -0.1) is 0 Å². The van der Waals surface area contributed by atoms with Gasteiger partial charge in [-0.2, -0.15) is 4.68 Å². The highest BCUT2D eigenvalue weighted by molar-refractivity contribution is 5.83. The first-order valence-electron chi connectivity index (χ1n) is 5.65. The van der Waals surface area contributed by atoms with Gasteiger partial charge in [0.25, 0.3) is 0 Å². The molecule has 1 aromatic rings. The highest BCUT2D eigenvalue weighted by Crippen LogP contribution is 2.35. The summed E-state index contributed by atoms with van der Waals surface area (Å²) in [5.41, 5.74) is -0.719. The Kier molecular flexibility index (Phi) is 2.72. The summed E-state index contributed by atoms with van der Waals surface area (Å²) in [6, 6.07) is -0.645. The summed E-state index contributed by atoms with van der Waals surface area (Å²) < 4.78 is 11.4. The Balaban J connectivity index is 1.98. The first kappa shape index (κ1) is 12.6. The molecule has 106 valence electrons. The van der Waals surface area contributed by atoms with Crippen LogP contribution in [0, 0.1) is 20.2 Å². The molecule has 3 unspecified atom stereocenters. The Morgan fingerprint density at radius 3 is 2.70 bits per heavy atom. The molecule has 2 aliphatic heterocycles. The molecule has 1 aromatic heterocycles. The Labute approximate surface area is 110 Å². The summed E-state index contributed by atoms with van der Waals surface area (Å²) in [5, 5.41) is 25.1. The number of ether oxygens (including phenoxy) is 2. The predicted molar refractivity (Wildman–Crippen MR) is 58.8 cm³/mol. The number of rotatable bonds is 3. The van der Waals surface area contributed by atoms with Crippen molar-refractivity contribution in [3.63, 3.8) is 0 Å². The average molecular weight is 284 g/mol. The van der Waals surface area contributed by atoms with E-state index in [4.69, 9.17) is 9.47 Å². The summed E-state index contributed by atoms with van der Waals surface area (Å²) in [6.07, 6.45) is -0.461. The van der Waals surface area contributed by atoms with Crippen LogP contribution in [0.25, 0.3) is 0 Å². The molecule has 2 bridgehead atoms. The molecule has 0 amide bonds. The molecule has 2 fully saturated rings. The second kappa shape index (κ2) is 4.31. The lowest BCUT2D eigenvalue weighted by Gasteiger charge is -2.24. The van der Waals surface area contributed by atoms with E-state index in [1.54, 1.807) is 0 Å². The van der Waals surface area contributed by atoms with Crippen LogP contribution in [-0.4, -0.2) is 44.4 Å². The number of ketones is 1. The van der Waals surface area contributed by atoms with Crippen LogP contribution in [-0.2, 0) is 14.3 Å². The van der Waals surface area contributed by atoms with E-state index in [9.17, 15) is 25.0 Å². The Hall–Kier alpha value is -2.40. The van der Waals surface area contributed by atoms with E-state index >= 15 is 0 Å². The number of carbonyl (C=O) groups excluding carboxylic acids is 1. The standard InChI is InChI=1S/C9H8N4O7/c14-6-1-4(7-3-19-9(6)20-7)11-2-5(12(15)16)8(10-11)13(17)18/h2,4,7,9H,1,3H2.